The molecule has 2 aliphatic heterocycles. The first-order valence-electron chi connectivity index (χ1n) is 14.3. The Kier molecular flexibility index (Phi) is 10.5. The summed E-state index contributed by atoms with van der Waals surface area (Å²) < 4.78 is 6.38. The molecular weight excluding hydrogens is 528 g/mol. The Bertz CT molecular complexity index is 1360. The average Bonchev–Trinajstić information content (AvgIpc) is 2.98. The van der Waals surface area contributed by atoms with Crippen LogP contribution in [0.1, 0.15) is 30.5 Å². The second-order valence-electron chi connectivity index (χ2n) is 11.1. The number of carbonyl (C=O) groups excluding carboxylic acids is 3. The SMILES string of the molecule is CC(C)[C@@H]1Oc2ccc(cc2)/C=C\NC(=O)[C@H](Cc2ccccc2)NC(=O)[C@H]1NC(=O)[C@H](Cc1ccccc1)N(C)C. The van der Waals surface area contributed by atoms with Crippen LogP contribution in [0, 0.1) is 5.92 Å². The second-order valence-corrected chi connectivity index (χ2v) is 11.1. The van der Waals surface area contributed by atoms with E-state index in [1.54, 1.807) is 12.3 Å². The number of fused-ring (bicyclic) bond motifs is 10. The topological polar surface area (TPSA) is 99.8 Å². The van der Waals surface area contributed by atoms with Crippen LogP contribution in [0.15, 0.2) is 91.1 Å². The summed E-state index contributed by atoms with van der Waals surface area (Å²) in [6.07, 6.45) is 3.39. The van der Waals surface area contributed by atoms with Gasteiger partial charge in [-0.05, 0) is 61.3 Å². The number of hydrogen-bond donors (Lipinski definition) is 3. The molecule has 0 spiro atoms. The number of benzene rings is 3. The molecule has 8 nitrogen and oxygen atoms in total. The molecule has 0 fully saturated rings. The number of amides is 3. The number of ether oxygens (including phenoxy) is 1. The van der Waals surface area contributed by atoms with Crippen molar-refractivity contribution in [3.63, 3.8) is 0 Å². The summed E-state index contributed by atoms with van der Waals surface area (Å²) in [7, 11) is 3.68. The van der Waals surface area contributed by atoms with Crippen molar-refractivity contribution < 1.29 is 19.1 Å². The predicted octanol–water partition coefficient (Wildman–Crippen LogP) is 3.58. The van der Waals surface area contributed by atoms with Crippen molar-refractivity contribution in [1.82, 2.24) is 20.9 Å². The fraction of sp³-hybridized carbons (Fsp3) is 0.324. The van der Waals surface area contributed by atoms with Gasteiger partial charge in [0.2, 0.25) is 17.7 Å². The lowest BCUT2D eigenvalue weighted by molar-refractivity contribution is -0.136. The van der Waals surface area contributed by atoms with Crippen LogP contribution < -0.4 is 20.7 Å². The van der Waals surface area contributed by atoms with Crippen molar-refractivity contribution >= 4 is 23.8 Å². The van der Waals surface area contributed by atoms with E-state index in [1.807, 2.05) is 118 Å². The quantitative estimate of drug-likeness (QED) is 0.386. The zero-order chi connectivity index (χ0) is 30.1. The summed E-state index contributed by atoms with van der Waals surface area (Å²) >= 11 is 0. The Balaban J connectivity index is 1.69. The minimum absolute atomic E-state index is 0.151. The molecule has 0 unspecified atom stereocenters. The van der Waals surface area contributed by atoms with E-state index in [-0.39, 0.29) is 24.2 Å². The van der Waals surface area contributed by atoms with E-state index in [2.05, 4.69) is 16.0 Å². The van der Waals surface area contributed by atoms with Crippen LogP contribution in [0.4, 0.5) is 0 Å². The summed E-state index contributed by atoms with van der Waals surface area (Å²) in [6, 6.07) is 24.1. The average molecular weight is 569 g/mol. The molecule has 0 saturated carbocycles. The first-order chi connectivity index (χ1) is 20.2. The number of hydrogen-bond acceptors (Lipinski definition) is 5. The highest BCUT2D eigenvalue weighted by Gasteiger charge is 2.37. The van der Waals surface area contributed by atoms with Gasteiger partial charge in [0.25, 0.3) is 0 Å². The van der Waals surface area contributed by atoms with E-state index in [1.165, 1.54) is 0 Å². The monoisotopic (exact) mass is 568 g/mol. The molecule has 0 aromatic heterocycles. The Morgan fingerprint density at radius 1 is 0.881 bits per heavy atom. The number of rotatable bonds is 8. The second kappa shape index (κ2) is 14.5. The molecule has 2 bridgehead atoms. The van der Waals surface area contributed by atoms with E-state index in [9.17, 15) is 14.4 Å². The van der Waals surface area contributed by atoms with Crippen molar-refractivity contribution in [2.24, 2.45) is 5.92 Å². The lowest BCUT2D eigenvalue weighted by atomic mass is 9.96. The van der Waals surface area contributed by atoms with E-state index < -0.39 is 30.1 Å². The Labute approximate surface area is 248 Å². The number of carbonyl (C=O) groups is 3. The van der Waals surface area contributed by atoms with Crippen molar-refractivity contribution in [3.8, 4) is 5.75 Å². The number of nitrogens with zero attached hydrogens (tertiary/aromatic N) is 1. The maximum absolute atomic E-state index is 14.1. The highest BCUT2D eigenvalue weighted by molar-refractivity contribution is 5.94. The summed E-state index contributed by atoms with van der Waals surface area (Å²) in [5.41, 5.74) is 2.78. The van der Waals surface area contributed by atoms with Gasteiger partial charge < -0.3 is 20.7 Å². The molecule has 8 heteroatoms. The summed E-state index contributed by atoms with van der Waals surface area (Å²) in [5, 5.41) is 8.74. The molecule has 0 radical (unpaired) electrons. The molecule has 3 N–H and O–H groups in total. The normalized spacial score (nSPS) is 20.7. The van der Waals surface area contributed by atoms with Crippen LogP contribution >= 0.6 is 0 Å². The molecule has 3 aromatic rings. The van der Waals surface area contributed by atoms with Crippen molar-refractivity contribution in [3.05, 3.63) is 108 Å². The zero-order valence-electron chi connectivity index (χ0n) is 24.6. The van der Waals surface area contributed by atoms with Crippen molar-refractivity contribution in [1.29, 1.82) is 0 Å². The van der Waals surface area contributed by atoms with Crippen molar-refractivity contribution in [2.45, 2.75) is 50.9 Å². The predicted molar refractivity (Wildman–Crippen MR) is 165 cm³/mol. The van der Waals surface area contributed by atoms with E-state index in [0.29, 0.717) is 12.2 Å². The van der Waals surface area contributed by atoms with Crippen LogP contribution in [0.25, 0.3) is 6.08 Å². The molecule has 4 atom stereocenters. The summed E-state index contributed by atoms with van der Waals surface area (Å²) in [4.78, 5) is 43.1. The molecule has 42 heavy (non-hydrogen) atoms. The van der Waals surface area contributed by atoms with Crippen LogP contribution in [0.2, 0.25) is 0 Å². The number of nitrogens with one attached hydrogen (secondary N) is 3. The summed E-state index contributed by atoms with van der Waals surface area (Å²) in [5.74, 6) is -0.732. The van der Waals surface area contributed by atoms with E-state index in [4.69, 9.17) is 4.74 Å². The van der Waals surface area contributed by atoms with Gasteiger partial charge in [-0.3, -0.25) is 19.3 Å². The summed E-state index contributed by atoms with van der Waals surface area (Å²) in [6.45, 7) is 3.89. The van der Waals surface area contributed by atoms with Gasteiger partial charge >= 0.3 is 0 Å². The molecule has 2 aliphatic rings. The van der Waals surface area contributed by atoms with Crippen LogP contribution in [-0.4, -0.2) is 60.9 Å². The van der Waals surface area contributed by atoms with E-state index >= 15 is 0 Å². The largest absolute Gasteiger partial charge is 0.487 e. The fourth-order valence-corrected chi connectivity index (χ4v) is 4.94. The lowest BCUT2D eigenvalue weighted by Crippen LogP contribution is -2.62. The third kappa shape index (κ3) is 8.30. The van der Waals surface area contributed by atoms with Crippen LogP contribution in [0.5, 0.6) is 5.75 Å². The molecule has 3 amide bonds. The van der Waals surface area contributed by atoms with Gasteiger partial charge in [0, 0.05) is 12.6 Å². The maximum atomic E-state index is 14.1. The smallest absolute Gasteiger partial charge is 0.247 e. The highest BCUT2D eigenvalue weighted by atomic mass is 16.5. The van der Waals surface area contributed by atoms with Crippen molar-refractivity contribution in [2.75, 3.05) is 14.1 Å². The first-order valence-corrected chi connectivity index (χ1v) is 14.3. The Hall–Kier alpha value is -4.43. The molecule has 0 saturated heterocycles. The van der Waals surface area contributed by atoms with Gasteiger partial charge in [-0.15, -0.1) is 0 Å². The van der Waals surface area contributed by atoms with Crippen LogP contribution in [0.3, 0.4) is 0 Å². The third-order valence-electron chi connectivity index (χ3n) is 7.33. The maximum Gasteiger partial charge on any atom is 0.247 e. The number of likely N-dealkylation sites (N-methyl/N-ethyl adjacent to an activating group) is 1. The standard InChI is InChI=1S/C34H40N4O4/c1-23(2)31-30(37-33(40)29(38(3)4)22-26-13-9-6-10-14-26)34(41)36-28(21-25-11-7-5-8-12-25)32(39)35-20-19-24-15-17-27(42-31)18-16-24/h5-20,23,28-31H,21-22H2,1-4H3,(H,35,39)(H,36,41)(H,37,40)/b20-19-/t28-,29-,30-,31-/m0/s1. The molecule has 0 aliphatic carbocycles. The first kappa shape index (κ1) is 30.5. The molecule has 220 valence electrons. The zero-order valence-corrected chi connectivity index (χ0v) is 24.6. The fourth-order valence-electron chi connectivity index (χ4n) is 4.94. The molecule has 2 heterocycles. The Morgan fingerprint density at radius 3 is 2.10 bits per heavy atom. The van der Waals surface area contributed by atoms with E-state index in [0.717, 1.165) is 16.7 Å². The van der Waals surface area contributed by atoms with Gasteiger partial charge in [-0.25, -0.2) is 0 Å². The minimum atomic E-state index is -1.07. The Morgan fingerprint density at radius 2 is 1.50 bits per heavy atom. The third-order valence-corrected chi connectivity index (χ3v) is 7.33. The highest BCUT2D eigenvalue weighted by Crippen LogP contribution is 2.21. The minimum Gasteiger partial charge on any atom is -0.487 e. The van der Waals surface area contributed by atoms with Gasteiger partial charge in [-0.2, -0.15) is 0 Å². The van der Waals surface area contributed by atoms with Gasteiger partial charge in [-0.1, -0.05) is 86.6 Å². The van der Waals surface area contributed by atoms with Gasteiger partial charge in [0.1, 0.15) is 23.9 Å². The van der Waals surface area contributed by atoms with Gasteiger partial charge in [0.15, 0.2) is 0 Å². The van der Waals surface area contributed by atoms with Gasteiger partial charge in [0.05, 0.1) is 6.04 Å². The lowest BCUT2D eigenvalue weighted by Gasteiger charge is -2.33. The molecule has 5 rings (SSSR count). The molecule has 3 aromatic carbocycles. The van der Waals surface area contributed by atoms with Crippen LogP contribution in [-0.2, 0) is 27.2 Å². The molecular formula is C34H40N4O4.